The molecule has 0 radical (unpaired) electrons. The smallest absolute Gasteiger partial charge is 0.253 e. The zero-order valence-electron chi connectivity index (χ0n) is 16.2. The third-order valence-corrected chi connectivity index (χ3v) is 5.99. The summed E-state index contributed by atoms with van der Waals surface area (Å²) in [6.07, 6.45) is 2.80. The molecule has 2 aliphatic rings. The van der Waals surface area contributed by atoms with Crippen LogP contribution in [0.5, 0.6) is 0 Å². The first-order valence-electron chi connectivity index (χ1n) is 9.77. The van der Waals surface area contributed by atoms with Crippen LogP contribution in [0.2, 0.25) is 0 Å². The van der Waals surface area contributed by atoms with E-state index >= 15 is 0 Å². The molecule has 2 saturated heterocycles. The van der Waals surface area contributed by atoms with Gasteiger partial charge in [0.05, 0.1) is 5.92 Å². The van der Waals surface area contributed by atoms with Gasteiger partial charge in [-0.1, -0.05) is 25.1 Å². The first kappa shape index (κ1) is 18.9. The van der Waals surface area contributed by atoms with Crippen molar-refractivity contribution < 1.29 is 9.59 Å². The summed E-state index contributed by atoms with van der Waals surface area (Å²) in [5.41, 5.74) is 0.706. The Morgan fingerprint density at radius 1 is 1.08 bits per heavy atom. The standard InChI is InChI=1S/C21H31N3O2/c1-16-14-22(2)13-11-19(16)23(3)20(25)18-10-7-12-24(15-18)21(26)17-8-5-4-6-9-17/h4-6,8-9,16,18-19H,7,10-15H2,1-3H3. The fraction of sp³-hybridized carbons (Fsp3) is 0.619. The van der Waals surface area contributed by atoms with Crippen LogP contribution in [0.15, 0.2) is 30.3 Å². The number of carbonyl (C=O) groups excluding carboxylic acids is 2. The lowest BCUT2D eigenvalue weighted by molar-refractivity contribution is -0.139. The van der Waals surface area contributed by atoms with Crippen molar-refractivity contribution in [3.8, 4) is 0 Å². The van der Waals surface area contributed by atoms with Crippen LogP contribution in [-0.2, 0) is 4.79 Å². The van der Waals surface area contributed by atoms with Gasteiger partial charge in [0.25, 0.3) is 5.91 Å². The van der Waals surface area contributed by atoms with Crippen molar-refractivity contribution in [3.05, 3.63) is 35.9 Å². The van der Waals surface area contributed by atoms with Gasteiger partial charge in [0.2, 0.25) is 5.91 Å². The number of amides is 2. The molecular formula is C21H31N3O2. The van der Waals surface area contributed by atoms with Gasteiger partial charge in [-0.05, 0) is 50.9 Å². The van der Waals surface area contributed by atoms with E-state index in [1.807, 2.05) is 47.2 Å². The fourth-order valence-electron chi connectivity index (χ4n) is 4.50. The molecule has 3 rings (SSSR count). The summed E-state index contributed by atoms with van der Waals surface area (Å²) in [6.45, 7) is 5.58. The summed E-state index contributed by atoms with van der Waals surface area (Å²) in [6, 6.07) is 9.68. The number of nitrogens with zero attached hydrogens (tertiary/aromatic N) is 3. The number of piperidine rings is 2. The predicted octanol–water partition coefficient (Wildman–Crippen LogP) is 2.34. The minimum atomic E-state index is -0.0757. The van der Waals surface area contributed by atoms with Crippen LogP contribution >= 0.6 is 0 Å². The van der Waals surface area contributed by atoms with Crippen LogP contribution in [0.4, 0.5) is 0 Å². The summed E-state index contributed by atoms with van der Waals surface area (Å²) < 4.78 is 0. The molecule has 5 nitrogen and oxygen atoms in total. The molecule has 3 unspecified atom stereocenters. The van der Waals surface area contributed by atoms with Gasteiger partial charge in [-0.25, -0.2) is 0 Å². The second-order valence-electron chi connectivity index (χ2n) is 8.00. The molecule has 142 valence electrons. The van der Waals surface area contributed by atoms with Gasteiger partial charge in [0.15, 0.2) is 0 Å². The van der Waals surface area contributed by atoms with E-state index in [1.165, 1.54) is 0 Å². The van der Waals surface area contributed by atoms with Gasteiger partial charge in [0, 0.05) is 38.3 Å². The third kappa shape index (κ3) is 4.09. The van der Waals surface area contributed by atoms with E-state index in [-0.39, 0.29) is 17.7 Å². The number of rotatable bonds is 3. The van der Waals surface area contributed by atoms with E-state index in [0.717, 1.165) is 38.9 Å². The normalized spacial score (nSPS) is 27.2. The summed E-state index contributed by atoms with van der Waals surface area (Å²) in [7, 11) is 4.09. The molecule has 2 fully saturated rings. The highest BCUT2D eigenvalue weighted by molar-refractivity contribution is 5.94. The van der Waals surface area contributed by atoms with Crippen molar-refractivity contribution in [2.24, 2.45) is 11.8 Å². The molecule has 5 heteroatoms. The molecule has 2 amide bonds. The molecule has 2 heterocycles. The molecule has 0 aromatic heterocycles. The van der Waals surface area contributed by atoms with Crippen LogP contribution in [0, 0.1) is 11.8 Å². The molecule has 1 aromatic rings. The Bertz CT molecular complexity index is 633. The SMILES string of the molecule is CC1CN(C)CCC1N(C)C(=O)C1CCCN(C(=O)c2ccccc2)C1. The second-order valence-corrected chi connectivity index (χ2v) is 8.00. The lowest BCUT2D eigenvalue weighted by atomic mass is 9.90. The molecule has 1 aromatic carbocycles. The van der Waals surface area contributed by atoms with Gasteiger partial charge in [0.1, 0.15) is 0 Å². The largest absolute Gasteiger partial charge is 0.342 e. The van der Waals surface area contributed by atoms with Gasteiger partial charge in [-0.15, -0.1) is 0 Å². The predicted molar refractivity (Wildman–Crippen MR) is 103 cm³/mol. The Balaban J connectivity index is 1.63. The second kappa shape index (κ2) is 8.21. The Kier molecular flexibility index (Phi) is 5.97. The molecule has 3 atom stereocenters. The van der Waals surface area contributed by atoms with Crippen LogP contribution in [-0.4, -0.2) is 72.8 Å². The maximum atomic E-state index is 13.1. The number of benzene rings is 1. The highest BCUT2D eigenvalue weighted by atomic mass is 16.2. The third-order valence-electron chi connectivity index (χ3n) is 5.99. The average Bonchev–Trinajstić information content (AvgIpc) is 2.67. The Morgan fingerprint density at radius 3 is 2.50 bits per heavy atom. The lowest BCUT2D eigenvalue weighted by Crippen LogP contribution is -2.53. The zero-order chi connectivity index (χ0) is 18.7. The highest BCUT2D eigenvalue weighted by Crippen LogP contribution is 2.25. The summed E-state index contributed by atoms with van der Waals surface area (Å²) in [4.78, 5) is 32.0. The number of carbonyl (C=O) groups is 2. The molecule has 0 N–H and O–H groups in total. The molecule has 0 saturated carbocycles. The Morgan fingerprint density at radius 2 is 1.81 bits per heavy atom. The first-order chi connectivity index (χ1) is 12.5. The van der Waals surface area contributed by atoms with Gasteiger partial charge in [-0.3, -0.25) is 9.59 Å². The van der Waals surface area contributed by atoms with E-state index in [1.54, 1.807) is 0 Å². The summed E-state index contributed by atoms with van der Waals surface area (Å²) >= 11 is 0. The molecule has 0 spiro atoms. The zero-order valence-corrected chi connectivity index (χ0v) is 16.2. The van der Waals surface area contributed by atoms with Crippen molar-refractivity contribution in [3.63, 3.8) is 0 Å². The average molecular weight is 357 g/mol. The van der Waals surface area contributed by atoms with Gasteiger partial charge in [-0.2, -0.15) is 0 Å². The van der Waals surface area contributed by atoms with E-state index in [9.17, 15) is 9.59 Å². The molecule has 0 aliphatic carbocycles. The molecule has 26 heavy (non-hydrogen) atoms. The summed E-state index contributed by atoms with van der Waals surface area (Å²) in [5, 5.41) is 0. The topological polar surface area (TPSA) is 43.9 Å². The minimum Gasteiger partial charge on any atom is -0.342 e. The van der Waals surface area contributed by atoms with Crippen molar-refractivity contribution in [1.82, 2.24) is 14.7 Å². The van der Waals surface area contributed by atoms with Crippen molar-refractivity contribution in [2.75, 3.05) is 40.3 Å². The van der Waals surface area contributed by atoms with E-state index in [0.29, 0.717) is 24.1 Å². The van der Waals surface area contributed by atoms with Crippen molar-refractivity contribution in [1.29, 1.82) is 0 Å². The fourth-order valence-corrected chi connectivity index (χ4v) is 4.50. The minimum absolute atomic E-state index is 0.0402. The Hall–Kier alpha value is -1.88. The Labute approximate surface area is 156 Å². The molecular weight excluding hydrogens is 326 g/mol. The van der Waals surface area contributed by atoms with E-state index in [4.69, 9.17) is 0 Å². The van der Waals surface area contributed by atoms with Crippen molar-refractivity contribution >= 4 is 11.8 Å². The molecule has 0 bridgehead atoms. The van der Waals surface area contributed by atoms with Crippen LogP contribution in [0.3, 0.4) is 0 Å². The van der Waals surface area contributed by atoms with Gasteiger partial charge >= 0.3 is 0 Å². The lowest BCUT2D eigenvalue weighted by Gasteiger charge is -2.42. The first-order valence-corrected chi connectivity index (χ1v) is 9.77. The maximum Gasteiger partial charge on any atom is 0.253 e. The number of hydrogen-bond acceptors (Lipinski definition) is 3. The number of likely N-dealkylation sites (tertiary alicyclic amines) is 2. The van der Waals surface area contributed by atoms with Crippen molar-refractivity contribution in [2.45, 2.75) is 32.2 Å². The van der Waals surface area contributed by atoms with E-state index < -0.39 is 0 Å². The van der Waals surface area contributed by atoms with Gasteiger partial charge < -0.3 is 14.7 Å². The monoisotopic (exact) mass is 357 g/mol. The maximum absolute atomic E-state index is 13.1. The van der Waals surface area contributed by atoms with Crippen LogP contribution in [0.1, 0.15) is 36.5 Å². The van der Waals surface area contributed by atoms with Crippen LogP contribution in [0.25, 0.3) is 0 Å². The highest BCUT2D eigenvalue weighted by Gasteiger charge is 2.35. The number of hydrogen-bond donors (Lipinski definition) is 0. The quantitative estimate of drug-likeness (QED) is 0.834. The molecule has 2 aliphatic heterocycles. The van der Waals surface area contributed by atoms with E-state index in [2.05, 4.69) is 18.9 Å². The van der Waals surface area contributed by atoms with Crippen LogP contribution < -0.4 is 0 Å². The summed E-state index contributed by atoms with van der Waals surface area (Å²) in [5.74, 6) is 0.650.